The molecule has 2 aliphatic rings. The quantitative estimate of drug-likeness (QED) is 0.742. The van der Waals surface area contributed by atoms with Gasteiger partial charge in [-0.25, -0.2) is 0 Å². The van der Waals surface area contributed by atoms with Gasteiger partial charge in [0.25, 0.3) is 0 Å². The van der Waals surface area contributed by atoms with Gasteiger partial charge in [-0.2, -0.15) is 0 Å². The second-order valence-electron chi connectivity index (χ2n) is 5.86. The molecule has 0 aromatic heterocycles. The Hall–Kier alpha value is -0.120. The summed E-state index contributed by atoms with van der Waals surface area (Å²) in [5, 5.41) is 7.20. The van der Waals surface area contributed by atoms with Crippen LogP contribution in [0.5, 0.6) is 0 Å². The summed E-state index contributed by atoms with van der Waals surface area (Å²) in [6.45, 7) is 9.01. The zero-order valence-electron chi connectivity index (χ0n) is 11.3. The first kappa shape index (κ1) is 13.3. The van der Waals surface area contributed by atoms with Crippen molar-refractivity contribution in [1.82, 2.24) is 10.6 Å². The topological polar surface area (TPSA) is 33.3 Å². The fraction of sp³-hybridized carbons (Fsp3) is 1.00. The second kappa shape index (κ2) is 6.72. The van der Waals surface area contributed by atoms with Crippen LogP contribution < -0.4 is 10.6 Å². The monoisotopic (exact) mass is 240 g/mol. The van der Waals surface area contributed by atoms with Gasteiger partial charge in [-0.05, 0) is 50.1 Å². The van der Waals surface area contributed by atoms with Gasteiger partial charge in [-0.3, -0.25) is 0 Å². The minimum Gasteiger partial charge on any atom is -0.381 e. The highest BCUT2D eigenvalue weighted by atomic mass is 16.5. The summed E-state index contributed by atoms with van der Waals surface area (Å²) in [7, 11) is 0. The van der Waals surface area contributed by atoms with Crippen molar-refractivity contribution in [3.63, 3.8) is 0 Å². The zero-order chi connectivity index (χ0) is 12.0. The molecule has 1 atom stereocenters. The molecule has 1 unspecified atom stereocenters. The van der Waals surface area contributed by atoms with Gasteiger partial charge in [-0.1, -0.05) is 13.3 Å². The van der Waals surface area contributed by atoms with E-state index in [0.29, 0.717) is 5.41 Å². The molecule has 0 bridgehead atoms. The van der Waals surface area contributed by atoms with Crippen LogP contribution in [0.15, 0.2) is 0 Å². The molecule has 0 aromatic carbocycles. The van der Waals surface area contributed by atoms with E-state index in [1.54, 1.807) is 0 Å². The van der Waals surface area contributed by atoms with Gasteiger partial charge < -0.3 is 15.4 Å². The van der Waals surface area contributed by atoms with Gasteiger partial charge >= 0.3 is 0 Å². The Bertz CT molecular complexity index is 203. The van der Waals surface area contributed by atoms with Crippen LogP contribution >= 0.6 is 0 Å². The average Bonchev–Trinajstić information content (AvgIpc) is 2.84. The third-order valence-electron chi connectivity index (χ3n) is 4.40. The first-order valence-corrected chi connectivity index (χ1v) is 7.34. The van der Waals surface area contributed by atoms with Crippen LogP contribution in [0, 0.1) is 11.3 Å². The summed E-state index contributed by atoms with van der Waals surface area (Å²) >= 11 is 0. The van der Waals surface area contributed by atoms with Crippen LogP contribution in [-0.2, 0) is 4.74 Å². The third-order valence-corrected chi connectivity index (χ3v) is 4.40. The molecule has 0 amide bonds. The van der Waals surface area contributed by atoms with Gasteiger partial charge in [0.05, 0.1) is 6.61 Å². The maximum atomic E-state index is 5.42. The van der Waals surface area contributed by atoms with E-state index in [2.05, 4.69) is 17.6 Å². The lowest BCUT2D eigenvalue weighted by Gasteiger charge is -2.38. The second-order valence-corrected chi connectivity index (χ2v) is 5.86. The van der Waals surface area contributed by atoms with E-state index in [1.165, 1.54) is 51.7 Å². The van der Waals surface area contributed by atoms with Crippen molar-refractivity contribution in [2.24, 2.45) is 11.3 Å². The van der Waals surface area contributed by atoms with E-state index < -0.39 is 0 Å². The molecular weight excluding hydrogens is 212 g/mol. The summed E-state index contributed by atoms with van der Waals surface area (Å²) in [6.07, 6.45) is 6.62. The first-order valence-electron chi connectivity index (χ1n) is 7.34. The van der Waals surface area contributed by atoms with Crippen molar-refractivity contribution in [3.05, 3.63) is 0 Å². The van der Waals surface area contributed by atoms with Crippen molar-refractivity contribution in [2.45, 2.75) is 39.0 Å². The van der Waals surface area contributed by atoms with Gasteiger partial charge in [0.2, 0.25) is 0 Å². The van der Waals surface area contributed by atoms with Gasteiger partial charge in [-0.15, -0.1) is 0 Å². The van der Waals surface area contributed by atoms with Crippen molar-refractivity contribution in [1.29, 1.82) is 0 Å². The molecule has 3 nitrogen and oxygen atoms in total. The molecule has 0 aliphatic carbocycles. The molecule has 2 heterocycles. The SMILES string of the molecule is CCCC1(CNCC2CCOC2)CCNCC1. The highest BCUT2D eigenvalue weighted by molar-refractivity contribution is 4.86. The summed E-state index contributed by atoms with van der Waals surface area (Å²) in [6, 6.07) is 0. The molecule has 2 rings (SSSR count). The molecule has 0 radical (unpaired) electrons. The molecule has 0 spiro atoms. The van der Waals surface area contributed by atoms with Crippen LogP contribution in [0.25, 0.3) is 0 Å². The van der Waals surface area contributed by atoms with E-state index in [0.717, 1.165) is 25.7 Å². The summed E-state index contributed by atoms with van der Waals surface area (Å²) in [5.74, 6) is 0.760. The molecule has 0 saturated carbocycles. The molecule has 0 aromatic rings. The number of nitrogens with one attached hydrogen (secondary N) is 2. The predicted molar refractivity (Wildman–Crippen MR) is 71.2 cm³/mol. The van der Waals surface area contributed by atoms with Crippen molar-refractivity contribution >= 4 is 0 Å². The predicted octanol–water partition coefficient (Wildman–Crippen LogP) is 1.78. The lowest BCUT2D eigenvalue weighted by atomic mass is 9.75. The van der Waals surface area contributed by atoms with E-state index in [4.69, 9.17) is 4.74 Å². The van der Waals surface area contributed by atoms with Crippen LogP contribution in [0.1, 0.15) is 39.0 Å². The standard InChI is InChI=1S/C14H28N2O/c1-2-4-14(5-7-15-8-6-14)12-16-10-13-3-9-17-11-13/h13,15-16H,2-12H2,1H3. The smallest absolute Gasteiger partial charge is 0.0507 e. The van der Waals surface area contributed by atoms with E-state index in [1.807, 2.05) is 0 Å². The molecule has 2 saturated heterocycles. The Morgan fingerprint density at radius 1 is 1.35 bits per heavy atom. The van der Waals surface area contributed by atoms with E-state index in [9.17, 15) is 0 Å². The van der Waals surface area contributed by atoms with E-state index >= 15 is 0 Å². The Morgan fingerprint density at radius 2 is 2.18 bits per heavy atom. The largest absolute Gasteiger partial charge is 0.381 e. The molecule has 2 N–H and O–H groups in total. The molecule has 17 heavy (non-hydrogen) atoms. The lowest BCUT2D eigenvalue weighted by Crippen LogP contribution is -2.44. The molecule has 2 fully saturated rings. The number of ether oxygens (including phenoxy) is 1. The maximum Gasteiger partial charge on any atom is 0.0507 e. The summed E-state index contributed by atoms with van der Waals surface area (Å²) < 4.78 is 5.42. The minimum absolute atomic E-state index is 0.569. The molecule has 2 aliphatic heterocycles. The lowest BCUT2D eigenvalue weighted by molar-refractivity contribution is 0.166. The highest BCUT2D eigenvalue weighted by Crippen LogP contribution is 2.33. The Morgan fingerprint density at radius 3 is 2.82 bits per heavy atom. The van der Waals surface area contributed by atoms with Crippen LogP contribution in [-0.4, -0.2) is 39.4 Å². The average molecular weight is 240 g/mol. The maximum absolute atomic E-state index is 5.42. The Balaban J connectivity index is 1.72. The normalized spacial score (nSPS) is 28.4. The number of hydrogen-bond acceptors (Lipinski definition) is 3. The van der Waals surface area contributed by atoms with Crippen LogP contribution in [0.2, 0.25) is 0 Å². The Kier molecular flexibility index (Phi) is 5.26. The van der Waals surface area contributed by atoms with Crippen LogP contribution in [0.3, 0.4) is 0 Å². The highest BCUT2D eigenvalue weighted by Gasteiger charge is 2.30. The summed E-state index contributed by atoms with van der Waals surface area (Å²) in [4.78, 5) is 0. The minimum atomic E-state index is 0.569. The van der Waals surface area contributed by atoms with Crippen molar-refractivity contribution in [3.8, 4) is 0 Å². The fourth-order valence-electron chi connectivity index (χ4n) is 3.29. The molecule has 100 valence electrons. The summed E-state index contributed by atoms with van der Waals surface area (Å²) in [5.41, 5.74) is 0.569. The van der Waals surface area contributed by atoms with E-state index in [-0.39, 0.29) is 0 Å². The van der Waals surface area contributed by atoms with Gasteiger partial charge in [0.1, 0.15) is 0 Å². The Labute approximate surface area is 106 Å². The van der Waals surface area contributed by atoms with Gasteiger partial charge in [0, 0.05) is 19.7 Å². The van der Waals surface area contributed by atoms with Crippen molar-refractivity contribution < 1.29 is 4.74 Å². The fourth-order valence-corrected chi connectivity index (χ4v) is 3.29. The number of hydrogen-bond donors (Lipinski definition) is 2. The number of piperidine rings is 1. The zero-order valence-corrected chi connectivity index (χ0v) is 11.3. The number of rotatable bonds is 6. The molecule has 3 heteroatoms. The molecular formula is C14H28N2O. The van der Waals surface area contributed by atoms with Gasteiger partial charge in [0.15, 0.2) is 0 Å². The first-order chi connectivity index (χ1) is 8.35. The third kappa shape index (κ3) is 3.94. The van der Waals surface area contributed by atoms with Crippen LogP contribution in [0.4, 0.5) is 0 Å². The van der Waals surface area contributed by atoms with Crippen molar-refractivity contribution in [2.75, 3.05) is 39.4 Å².